The molecule has 0 aliphatic rings. The molecule has 0 aromatic carbocycles. The number of hydrogen-bond donors (Lipinski definition) is 1. The first-order chi connectivity index (χ1) is 5.93. The van der Waals surface area contributed by atoms with Crippen molar-refractivity contribution in [2.45, 2.75) is 12.8 Å². The van der Waals surface area contributed by atoms with Crippen molar-refractivity contribution in [1.29, 1.82) is 0 Å². The van der Waals surface area contributed by atoms with E-state index >= 15 is 0 Å². The van der Waals surface area contributed by atoms with Gasteiger partial charge in [0.15, 0.2) is 0 Å². The summed E-state index contributed by atoms with van der Waals surface area (Å²) in [6.45, 7) is 0.948. The molecule has 0 unspecified atom stereocenters. The van der Waals surface area contributed by atoms with Crippen LogP contribution in [0.5, 0.6) is 0 Å². The number of halogens is 1. The van der Waals surface area contributed by atoms with Crippen molar-refractivity contribution in [2.24, 2.45) is 0 Å². The minimum absolute atomic E-state index is 0.740. The van der Waals surface area contributed by atoms with E-state index in [4.69, 9.17) is 11.6 Å². The van der Waals surface area contributed by atoms with Crippen LogP contribution in [0.3, 0.4) is 0 Å². The Kier molecular flexibility index (Phi) is 4.54. The molecular weight excluding hydrogens is 172 g/mol. The lowest BCUT2D eigenvalue weighted by Crippen LogP contribution is -2.02. The van der Waals surface area contributed by atoms with Crippen LogP contribution in [0.15, 0.2) is 24.4 Å². The van der Waals surface area contributed by atoms with Gasteiger partial charge in [-0.3, -0.25) is 0 Å². The minimum Gasteiger partial charge on any atom is -0.370 e. The molecule has 2 nitrogen and oxygen atoms in total. The van der Waals surface area contributed by atoms with E-state index in [1.54, 1.807) is 6.20 Å². The van der Waals surface area contributed by atoms with Gasteiger partial charge in [0.2, 0.25) is 0 Å². The van der Waals surface area contributed by atoms with Gasteiger partial charge < -0.3 is 5.32 Å². The number of nitrogens with one attached hydrogen (secondary N) is 1. The lowest BCUT2D eigenvalue weighted by molar-refractivity contribution is 0.836. The number of alkyl halides is 1. The molecule has 12 heavy (non-hydrogen) atoms. The molecular formula is C9H13ClN2. The van der Waals surface area contributed by atoms with Crippen molar-refractivity contribution < 1.29 is 0 Å². The first-order valence-corrected chi connectivity index (χ1v) is 4.68. The number of aromatic nitrogens is 1. The summed E-state index contributed by atoms with van der Waals surface area (Å²) in [5, 5.41) is 3.21. The third kappa shape index (κ3) is 3.58. The van der Waals surface area contributed by atoms with E-state index in [0.29, 0.717) is 0 Å². The van der Waals surface area contributed by atoms with Gasteiger partial charge >= 0.3 is 0 Å². The number of pyridine rings is 1. The number of rotatable bonds is 5. The van der Waals surface area contributed by atoms with Crippen molar-refractivity contribution in [3.8, 4) is 0 Å². The van der Waals surface area contributed by atoms with E-state index in [1.807, 2.05) is 18.2 Å². The second kappa shape index (κ2) is 5.84. The Balaban J connectivity index is 2.16. The van der Waals surface area contributed by atoms with Gasteiger partial charge in [-0.2, -0.15) is 0 Å². The summed E-state index contributed by atoms with van der Waals surface area (Å²) in [5.74, 6) is 1.68. The molecule has 0 amide bonds. The predicted molar refractivity (Wildman–Crippen MR) is 52.7 cm³/mol. The Morgan fingerprint density at radius 3 is 2.92 bits per heavy atom. The first-order valence-electron chi connectivity index (χ1n) is 4.14. The van der Waals surface area contributed by atoms with Crippen LogP contribution in [0.4, 0.5) is 5.82 Å². The van der Waals surface area contributed by atoms with Crippen molar-refractivity contribution in [2.75, 3.05) is 17.7 Å². The second-order valence-corrected chi connectivity index (χ2v) is 2.92. The maximum atomic E-state index is 5.54. The normalized spacial score (nSPS) is 9.75. The third-order valence-corrected chi connectivity index (χ3v) is 1.80. The zero-order valence-electron chi connectivity index (χ0n) is 6.96. The third-order valence-electron chi connectivity index (χ3n) is 1.53. The fourth-order valence-corrected chi connectivity index (χ4v) is 1.09. The van der Waals surface area contributed by atoms with Gasteiger partial charge in [0.05, 0.1) is 0 Å². The van der Waals surface area contributed by atoms with Crippen molar-refractivity contribution >= 4 is 17.4 Å². The zero-order chi connectivity index (χ0) is 8.65. The Bertz CT molecular complexity index is 201. The van der Waals surface area contributed by atoms with Gasteiger partial charge in [0.1, 0.15) is 5.82 Å². The monoisotopic (exact) mass is 184 g/mol. The Labute approximate surface area is 78.0 Å². The van der Waals surface area contributed by atoms with E-state index in [1.165, 1.54) is 0 Å². The number of hydrogen-bond acceptors (Lipinski definition) is 2. The fourth-order valence-electron chi connectivity index (χ4n) is 0.903. The molecule has 0 saturated heterocycles. The highest BCUT2D eigenvalue weighted by molar-refractivity contribution is 6.17. The van der Waals surface area contributed by atoms with Gasteiger partial charge in [0, 0.05) is 18.6 Å². The topological polar surface area (TPSA) is 24.9 Å². The van der Waals surface area contributed by atoms with Crippen LogP contribution in [-0.4, -0.2) is 17.4 Å². The van der Waals surface area contributed by atoms with Crippen molar-refractivity contribution in [3.63, 3.8) is 0 Å². The van der Waals surface area contributed by atoms with Crippen LogP contribution >= 0.6 is 11.6 Å². The fraction of sp³-hybridized carbons (Fsp3) is 0.444. The quantitative estimate of drug-likeness (QED) is 0.562. The average molecular weight is 185 g/mol. The average Bonchev–Trinajstić information content (AvgIpc) is 2.14. The van der Waals surface area contributed by atoms with E-state index in [9.17, 15) is 0 Å². The molecule has 1 rings (SSSR count). The SMILES string of the molecule is ClCCCCNc1ccccn1. The van der Waals surface area contributed by atoms with Crippen molar-refractivity contribution in [1.82, 2.24) is 4.98 Å². The lowest BCUT2D eigenvalue weighted by atomic mass is 10.3. The summed E-state index contributed by atoms with van der Waals surface area (Å²) in [7, 11) is 0. The van der Waals surface area contributed by atoms with Gasteiger partial charge in [-0.15, -0.1) is 11.6 Å². The molecule has 66 valence electrons. The smallest absolute Gasteiger partial charge is 0.125 e. The molecule has 1 aromatic rings. The predicted octanol–water partition coefficient (Wildman–Crippen LogP) is 2.51. The molecule has 0 bridgehead atoms. The van der Waals surface area contributed by atoms with Crippen LogP contribution in [0, 0.1) is 0 Å². The highest BCUT2D eigenvalue weighted by Gasteiger charge is 1.89. The summed E-state index contributed by atoms with van der Waals surface area (Å²) in [5.41, 5.74) is 0. The molecule has 1 N–H and O–H groups in total. The zero-order valence-corrected chi connectivity index (χ0v) is 7.72. The second-order valence-electron chi connectivity index (χ2n) is 2.54. The Hall–Kier alpha value is -0.760. The van der Waals surface area contributed by atoms with Gasteiger partial charge in [-0.1, -0.05) is 6.07 Å². The van der Waals surface area contributed by atoms with E-state index in [-0.39, 0.29) is 0 Å². The lowest BCUT2D eigenvalue weighted by Gasteiger charge is -2.02. The molecule has 0 aliphatic heterocycles. The summed E-state index contributed by atoms with van der Waals surface area (Å²) in [4.78, 5) is 4.13. The number of anilines is 1. The molecule has 1 heterocycles. The van der Waals surface area contributed by atoms with Gasteiger partial charge in [0.25, 0.3) is 0 Å². The highest BCUT2D eigenvalue weighted by Crippen LogP contribution is 2.00. The first kappa shape index (κ1) is 9.33. The molecule has 0 spiro atoms. The van der Waals surface area contributed by atoms with Crippen LogP contribution in [0.2, 0.25) is 0 Å². The maximum absolute atomic E-state index is 5.54. The largest absolute Gasteiger partial charge is 0.370 e. The summed E-state index contributed by atoms with van der Waals surface area (Å²) >= 11 is 5.54. The van der Waals surface area contributed by atoms with Crippen LogP contribution in [0.25, 0.3) is 0 Å². The molecule has 0 atom stereocenters. The van der Waals surface area contributed by atoms with Gasteiger partial charge in [-0.25, -0.2) is 4.98 Å². The van der Waals surface area contributed by atoms with Crippen LogP contribution < -0.4 is 5.32 Å². The molecule has 0 saturated carbocycles. The Morgan fingerprint density at radius 1 is 1.33 bits per heavy atom. The minimum atomic E-state index is 0.740. The summed E-state index contributed by atoms with van der Waals surface area (Å²) < 4.78 is 0. The van der Waals surface area contributed by atoms with E-state index < -0.39 is 0 Å². The standard InChI is InChI=1S/C9H13ClN2/c10-6-2-4-8-12-9-5-1-3-7-11-9/h1,3,5,7H,2,4,6,8H2,(H,11,12). The summed E-state index contributed by atoms with van der Waals surface area (Å²) in [6, 6.07) is 5.83. The van der Waals surface area contributed by atoms with Crippen LogP contribution in [0.1, 0.15) is 12.8 Å². The molecule has 0 aliphatic carbocycles. The van der Waals surface area contributed by atoms with Crippen LogP contribution in [-0.2, 0) is 0 Å². The molecule has 0 fully saturated rings. The van der Waals surface area contributed by atoms with E-state index in [2.05, 4.69) is 10.3 Å². The van der Waals surface area contributed by atoms with Crippen molar-refractivity contribution in [3.05, 3.63) is 24.4 Å². The van der Waals surface area contributed by atoms with Gasteiger partial charge in [-0.05, 0) is 25.0 Å². The Morgan fingerprint density at radius 2 is 2.25 bits per heavy atom. The summed E-state index contributed by atoms with van der Waals surface area (Å²) in [6.07, 6.45) is 3.94. The molecule has 3 heteroatoms. The maximum Gasteiger partial charge on any atom is 0.125 e. The number of unbranched alkanes of at least 4 members (excludes halogenated alkanes) is 1. The number of nitrogens with zero attached hydrogens (tertiary/aromatic N) is 1. The van der Waals surface area contributed by atoms with E-state index in [0.717, 1.165) is 31.1 Å². The molecule has 1 aromatic heterocycles. The molecule has 0 radical (unpaired) electrons. The highest BCUT2D eigenvalue weighted by atomic mass is 35.5.